The predicted octanol–water partition coefficient (Wildman–Crippen LogP) is 1.15. The summed E-state index contributed by atoms with van der Waals surface area (Å²) in [4.78, 5) is 10.6. The number of nitrogens with zero attached hydrogens (tertiary/aromatic N) is 1. The third-order valence-electron chi connectivity index (χ3n) is 2.70. The molecule has 0 amide bonds. The molecule has 1 fully saturated rings. The molecule has 6 nitrogen and oxygen atoms in total. The highest BCUT2D eigenvalue weighted by molar-refractivity contribution is 7.89. The van der Waals surface area contributed by atoms with Gasteiger partial charge in [0.15, 0.2) is 0 Å². The molecule has 1 saturated heterocycles. The van der Waals surface area contributed by atoms with Crippen molar-refractivity contribution in [2.75, 3.05) is 13.1 Å². The van der Waals surface area contributed by atoms with E-state index in [9.17, 15) is 13.2 Å². The maximum atomic E-state index is 12.1. The minimum absolute atomic E-state index is 0.295. The fourth-order valence-corrected chi connectivity index (χ4v) is 3.23. The van der Waals surface area contributed by atoms with E-state index in [1.165, 1.54) is 10.4 Å². The lowest BCUT2D eigenvalue weighted by molar-refractivity contribution is 0.0656. The third-order valence-corrected chi connectivity index (χ3v) is 4.47. The minimum Gasteiger partial charge on any atom is -0.475 e. The van der Waals surface area contributed by atoms with Gasteiger partial charge in [0.2, 0.25) is 10.9 Å². The van der Waals surface area contributed by atoms with E-state index < -0.39 is 16.0 Å². The normalized spacial score (nSPS) is 18.1. The van der Waals surface area contributed by atoms with Gasteiger partial charge >= 0.3 is 5.97 Å². The third kappa shape index (κ3) is 2.34. The van der Waals surface area contributed by atoms with Gasteiger partial charge < -0.3 is 9.52 Å². The van der Waals surface area contributed by atoms with Gasteiger partial charge in [-0.1, -0.05) is 6.42 Å². The number of rotatable bonds is 3. The van der Waals surface area contributed by atoms with Crippen molar-refractivity contribution in [1.29, 1.82) is 0 Å². The molecule has 0 unspecified atom stereocenters. The van der Waals surface area contributed by atoms with Crippen LogP contribution in [-0.4, -0.2) is 36.9 Å². The Morgan fingerprint density at radius 1 is 1.24 bits per heavy atom. The minimum atomic E-state index is -3.67. The van der Waals surface area contributed by atoms with Gasteiger partial charge in [0.25, 0.3) is 10.0 Å². The van der Waals surface area contributed by atoms with Crippen LogP contribution in [0.3, 0.4) is 0 Å². The smallest absolute Gasteiger partial charge is 0.371 e. The number of sulfonamides is 1. The Labute approximate surface area is 98.9 Å². The van der Waals surface area contributed by atoms with Gasteiger partial charge in [-0.3, -0.25) is 0 Å². The largest absolute Gasteiger partial charge is 0.475 e. The molecule has 0 bridgehead atoms. The molecule has 1 aromatic rings. The van der Waals surface area contributed by atoms with Crippen LogP contribution in [-0.2, 0) is 10.0 Å². The van der Waals surface area contributed by atoms with Gasteiger partial charge in [-0.2, -0.15) is 4.31 Å². The van der Waals surface area contributed by atoms with E-state index in [0.717, 1.165) is 25.3 Å². The number of furan rings is 1. The highest BCUT2D eigenvalue weighted by atomic mass is 32.2. The summed E-state index contributed by atoms with van der Waals surface area (Å²) < 4.78 is 30.3. The predicted molar refractivity (Wildman–Crippen MR) is 58.3 cm³/mol. The van der Waals surface area contributed by atoms with Crippen molar-refractivity contribution < 1.29 is 22.7 Å². The summed E-state index contributed by atoms with van der Waals surface area (Å²) in [6.07, 6.45) is 2.67. The lowest BCUT2D eigenvalue weighted by Gasteiger charge is -2.24. The zero-order valence-electron chi connectivity index (χ0n) is 9.13. The molecule has 0 saturated carbocycles. The molecule has 7 heteroatoms. The number of hydrogen-bond donors (Lipinski definition) is 1. The zero-order valence-corrected chi connectivity index (χ0v) is 9.94. The standard InChI is InChI=1S/C10H13NO5S/c12-10(13)8-4-5-9(16-8)17(14,15)11-6-2-1-3-7-11/h4-5H,1-3,6-7H2,(H,12,13). The second-order valence-corrected chi connectivity index (χ2v) is 5.76. The van der Waals surface area contributed by atoms with Crippen molar-refractivity contribution in [2.24, 2.45) is 0 Å². The van der Waals surface area contributed by atoms with E-state index in [4.69, 9.17) is 9.52 Å². The lowest BCUT2D eigenvalue weighted by atomic mass is 10.2. The molecule has 1 N–H and O–H groups in total. The van der Waals surface area contributed by atoms with Crippen LogP contribution in [0.2, 0.25) is 0 Å². The van der Waals surface area contributed by atoms with Crippen LogP contribution >= 0.6 is 0 Å². The van der Waals surface area contributed by atoms with Crippen LogP contribution in [0.25, 0.3) is 0 Å². The van der Waals surface area contributed by atoms with Gasteiger partial charge in [0.1, 0.15) is 0 Å². The van der Waals surface area contributed by atoms with Crippen molar-refractivity contribution in [3.63, 3.8) is 0 Å². The maximum Gasteiger partial charge on any atom is 0.371 e. The molecule has 0 aliphatic carbocycles. The number of aromatic carboxylic acids is 1. The summed E-state index contributed by atoms with van der Waals surface area (Å²) in [5.74, 6) is -1.63. The SMILES string of the molecule is O=C(O)c1ccc(S(=O)(=O)N2CCCCC2)o1. The van der Waals surface area contributed by atoms with Crippen LogP contribution in [0, 0.1) is 0 Å². The molecule has 1 aromatic heterocycles. The Kier molecular flexibility index (Phi) is 3.21. The molecule has 0 aromatic carbocycles. The average Bonchev–Trinajstić information content (AvgIpc) is 2.80. The van der Waals surface area contributed by atoms with Gasteiger partial charge in [0.05, 0.1) is 0 Å². The van der Waals surface area contributed by atoms with Crippen molar-refractivity contribution in [1.82, 2.24) is 4.31 Å². The van der Waals surface area contributed by atoms with E-state index in [1.54, 1.807) is 0 Å². The summed E-state index contributed by atoms with van der Waals surface area (Å²) >= 11 is 0. The first kappa shape index (κ1) is 12.1. The second kappa shape index (κ2) is 4.50. The number of carbonyl (C=O) groups is 1. The second-order valence-electron chi connectivity index (χ2n) is 3.89. The van der Waals surface area contributed by atoms with Crippen molar-refractivity contribution in [3.8, 4) is 0 Å². The Balaban J connectivity index is 2.27. The highest BCUT2D eigenvalue weighted by Gasteiger charge is 2.29. The van der Waals surface area contributed by atoms with Crippen molar-refractivity contribution >= 4 is 16.0 Å². The molecule has 2 heterocycles. The Morgan fingerprint density at radius 3 is 2.41 bits per heavy atom. The Hall–Kier alpha value is -1.34. The summed E-state index contributed by atoms with van der Waals surface area (Å²) in [5.41, 5.74) is 0. The highest BCUT2D eigenvalue weighted by Crippen LogP contribution is 2.22. The molecular weight excluding hydrogens is 246 g/mol. The van der Waals surface area contributed by atoms with E-state index in [0.29, 0.717) is 13.1 Å². The van der Waals surface area contributed by atoms with Gasteiger partial charge in [-0.15, -0.1) is 0 Å². The monoisotopic (exact) mass is 259 g/mol. The number of piperidine rings is 1. The Bertz CT molecular complexity index is 513. The molecule has 0 radical (unpaired) electrons. The fraction of sp³-hybridized carbons (Fsp3) is 0.500. The number of hydrogen-bond acceptors (Lipinski definition) is 4. The molecule has 2 rings (SSSR count). The van der Waals surface area contributed by atoms with E-state index in [1.807, 2.05) is 0 Å². The quantitative estimate of drug-likeness (QED) is 0.879. The van der Waals surface area contributed by atoms with Crippen molar-refractivity contribution in [3.05, 3.63) is 17.9 Å². The van der Waals surface area contributed by atoms with Gasteiger partial charge in [-0.25, -0.2) is 13.2 Å². The average molecular weight is 259 g/mol. The summed E-state index contributed by atoms with van der Waals surface area (Å²) in [6, 6.07) is 2.34. The van der Waals surface area contributed by atoms with Gasteiger partial charge in [-0.05, 0) is 25.0 Å². The van der Waals surface area contributed by atoms with Crippen molar-refractivity contribution in [2.45, 2.75) is 24.4 Å². The topological polar surface area (TPSA) is 87.8 Å². The van der Waals surface area contributed by atoms with Crippen LogP contribution in [0.15, 0.2) is 21.6 Å². The zero-order chi connectivity index (χ0) is 12.5. The molecule has 0 atom stereocenters. The maximum absolute atomic E-state index is 12.1. The van der Waals surface area contributed by atoms with Gasteiger partial charge in [0, 0.05) is 13.1 Å². The first-order valence-corrected chi connectivity index (χ1v) is 6.79. The molecule has 94 valence electrons. The van der Waals surface area contributed by atoms with Crippen LogP contribution < -0.4 is 0 Å². The summed E-state index contributed by atoms with van der Waals surface area (Å²) in [7, 11) is -3.67. The molecular formula is C10H13NO5S. The first-order chi connectivity index (χ1) is 8.01. The molecule has 0 spiro atoms. The number of carboxylic acid groups (broad SMARTS) is 1. The number of carboxylic acids is 1. The van der Waals surface area contributed by atoms with E-state index >= 15 is 0 Å². The Morgan fingerprint density at radius 2 is 1.88 bits per heavy atom. The summed E-state index contributed by atoms with van der Waals surface area (Å²) in [6.45, 7) is 0.927. The summed E-state index contributed by atoms with van der Waals surface area (Å²) in [5, 5.41) is 8.38. The lowest BCUT2D eigenvalue weighted by Crippen LogP contribution is -2.35. The van der Waals surface area contributed by atoms with E-state index in [2.05, 4.69) is 0 Å². The van der Waals surface area contributed by atoms with Crippen LogP contribution in [0.5, 0.6) is 0 Å². The fourth-order valence-electron chi connectivity index (χ4n) is 1.81. The molecule has 1 aliphatic rings. The first-order valence-electron chi connectivity index (χ1n) is 5.35. The van der Waals surface area contributed by atoms with Crippen LogP contribution in [0.4, 0.5) is 0 Å². The molecule has 1 aliphatic heterocycles. The van der Waals surface area contributed by atoms with E-state index in [-0.39, 0.29) is 10.9 Å². The molecule has 17 heavy (non-hydrogen) atoms. The van der Waals surface area contributed by atoms with Crippen LogP contribution in [0.1, 0.15) is 29.8 Å².